The summed E-state index contributed by atoms with van der Waals surface area (Å²) < 4.78 is 5.27. The molecule has 100 valence electrons. The van der Waals surface area contributed by atoms with Gasteiger partial charge in [0.05, 0.1) is 18.3 Å². The quantitative estimate of drug-likeness (QED) is 0.792. The Hall–Kier alpha value is -2.46. The van der Waals surface area contributed by atoms with Gasteiger partial charge in [0.2, 0.25) is 0 Å². The maximum absolute atomic E-state index is 10.5. The van der Waals surface area contributed by atoms with Crippen molar-refractivity contribution in [3.05, 3.63) is 66.1 Å². The van der Waals surface area contributed by atoms with E-state index in [1.54, 1.807) is 25.6 Å². The van der Waals surface area contributed by atoms with Crippen LogP contribution in [-0.2, 0) is 0 Å². The van der Waals surface area contributed by atoms with Crippen molar-refractivity contribution >= 4 is 10.9 Å². The molecule has 0 saturated carbocycles. The van der Waals surface area contributed by atoms with Crippen LogP contribution >= 0.6 is 0 Å². The smallest absolute Gasteiger partial charge is 0.125 e. The number of rotatable bonds is 3. The Morgan fingerprint density at radius 3 is 2.80 bits per heavy atom. The number of fused-ring (bicyclic) bond motifs is 1. The fourth-order valence-corrected chi connectivity index (χ4v) is 2.18. The zero-order valence-corrected chi connectivity index (χ0v) is 11.0. The third-order valence-electron chi connectivity index (χ3n) is 3.22. The van der Waals surface area contributed by atoms with E-state index in [2.05, 4.69) is 9.97 Å². The molecule has 0 aliphatic carbocycles. The number of aromatic nitrogens is 2. The molecule has 20 heavy (non-hydrogen) atoms. The van der Waals surface area contributed by atoms with Crippen LogP contribution in [0.3, 0.4) is 0 Å². The van der Waals surface area contributed by atoms with E-state index in [4.69, 9.17) is 4.74 Å². The molecule has 0 fully saturated rings. The van der Waals surface area contributed by atoms with Crippen molar-refractivity contribution < 1.29 is 9.84 Å². The minimum atomic E-state index is -0.836. The molecule has 1 unspecified atom stereocenters. The number of nitrogens with zero attached hydrogens (tertiary/aromatic N) is 2. The maximum Gasteiger partial charge on any atom is 0.125 e. The highest BCUT2D eigenvalue weighted by Gasteiger charge is 2.16. The van der Waals surface area contributed by atoms with Gasteiger partial charge in [-0.3, -0.25) is 9.97 Å². The van der Waals surface area contributed by atoms with Gasteiger partial charge in [0.25, 0.3) is 0 Å². The molecule has 3 rings (SSSR count). The van der Waals surface area contributed by atoms with Crippen LogP contribution in [0.2, 0.25) is 0 Å². The molecule has 0 aliphatic rings. The number of hydrogen-bond acceptors (Lipinski definition) is 4. The fourth-order valence-electron chi connectivity index (χ4n) is 2.18. The molecule has 1 atom stereocenters. The second-order valence-electron chi connectivity index (χ2n) is 4.45. The Labute approximate surface area is 116 Å². The van der Waals surface area contributed by atoms with Gasteiger partial charge in [0.1, 0.15) is 11.9 Å². The molecule has 0 bridgehead atoms. The summed E-state index contributed by atoms with van der Waals surface area (Å²) in [6.07, 6.45) is 2.61. The number of para-hydroxylation sites is 1. The zero-order valence-electron chi connectivity index (χ0n) is 11.0. The van der Waals surface area contributed by atoms with Crippen molar-refractivity contribution in [2.24, 2.45) is 0 Å². The minimum Gasteiger partial charge on any atom is -0.496 e. The second-order valence-corrected chi connectivity index (χ2v) is 4.45. The van der Waals surface area contributed by atoms with Crippen molar-refractivity contribution in [1.82, 2.24) is 9.97 Å². The molecule has 2 heterocycles. The molecule has 1 N–H and O–H groups in total. The molecule has 2 aromatic heterocycles. The number of benzene rings is 1. The lowest BCUT2D eigenvalue weighted by Crippen LogP contribution is -2.04. The molecule has 4 nitrogen and oxygen atoms in total. The van der Waals surface area contributed by atoms with E-state index >= 15 is 0 Å². The Kier molecular flexibility index (Phi) is 3.31. The summed E-state index contributed by atoms with van der Waals surface area (Å²) in [5.41, 5.74) is 2.06. The average molecular weight is 266 g/mol. The first-order valence-corrected chi connectivity index (χ1v) is 6.31. The highest BCUT2D eigenvalue weighted by molar-refractivity contribution is 5.77. The van der Waals surface area contributed by atoms with Gasteiger partial charge >= 0.3 is 0 Å². The first kappa shape index (κ1) is 12.6. The van der Waals surface area contributed by atoms with Crippen LogP contribution in [0.4, 0.5) is 0 Å². The predicted molar refractivity (Wildman–Crippen MR) is 76.6 cm³/mol. The number of pyridine rings is 2. The average Bonchev–Trinajstić information content (AvgIpc) is 2.53. The van der Waals surface area contributed by atoms with E-state index in [0.29, 0.717) is 17.0 Å². The summed E-state index contributed by atoms with van der Waals surface area (Å²) in [6.45, 7) is 0. The lowest BCUT2D eigenvalue weighted by atomic mass is 10.0. The van der Waals surface area contributed by atoms with Crippen LogP contribution in [0.15, 0.2) is 54.9 Å². The summed E-state index contributed by atoms with van der Waals surface area (Å²) in [7, 11) is 1.58. The van der Waals surface area contributed by atoms with Crippen LogP contribution < -0.4 is 4.74 Å². The van der Waals surface area contributed by atoms with E-state index in [9.17, 15) is 5.11 Å². The zero-order chi connectivity index (χ0) is 13.9. The van der Waals surface area contributed by atoms with E-state index < -0.39 is 6.10 Å². The standard InChI is InChI=1S/C16H14N2O2/c1-20-15-7-3-2-6-12(15)16(19)14-9-13-11(10-18-14)5-4-8-17-13/h2-10,16,19H,1H3. The third kappa shape index (κ3) is 2.21. The molecular weight excluding hydrogens is 252 g/mol. The monoisotopic (exact) mass is 266 g/mol. The Morgan fingerprint density at radius 1 is 1.10 bits per heavy atom. The SMILES string of the molecule is COc1ccccc1C(O)c1cc2ncccc2cn1. The van der Waals surface area contributed by atoms with Gasteiger partial charge in [0, 0.05) is 23.3 Å². The van der Waals surface area contributed by atoms with Crippen LogP contribution in [0.25, 0.3) is 10.9 Å². The van der Waals surface area contributed by atoms with Gasteiger partial charge in [-0.05, 0) is 24.3 Å². The predicted octanol–water partition coefficient (Wildman–Crippen LogP) is 2.72. The molecule has 0 saturated heterocycles. The molecule has 1 aromatic carbocycles. The third-order valence-corrected chi connectivity index (χ3v) is 3.22. The van der Waals surface area contributed by atoms with Crippen molar-refractivity contribution in [2.75, 3.05) is 7.11 Å². The number of aliphatic hydroxyl groups is 1. The lowest BCUT2D eigenvalue weighted by Gasteiger charge is -2.14. The maximum atomic E-state index is 10.5. The first-order valence-electron chi connectivity index (χ1n) is 6.31. The molecule has 3 aromatic rings. The molecule has 4 heteroatoms. The minimum absolute atomic E-state index is 0.556. The van der Waals surface area contributed by atoms with Gasteiger partial charge in [0.15, 0.2) is 0 Å². The number of hydrogen-bond donors (Lipinski definition) is 1. The first-order chi connectivity index (χ1) is 9.79. The van der Waals surface area contributed by atoms with Crippen molar-refractivity contribution in [1.29, 1.82) is 0 Å². The normalized spacial score (nSPS) is 12.3. The highest BCUT2D eigenvalue weighted by atomic mass is 16.5. The number of aliphatic hydroxyl groups excluding tert-OH is 1. The van der Waals surface area contributed by atoms with Crippen molar-refractivity contribution in [2.45, 2.75) is 6.10 Å². The van der Waals surface area contributed by atoms with Crippen molar-refractivity contribution in [3.8, 4) is 5.75 Å². The summed E-state index contributed by atoms with van der Waals surface area (Å²) in [6, 6.07) is 13.0. The van der Waals surface area contributed by atoms with E-state index in [-0.39, 0.29) is 0 Å². The van der Waals surface area contributed by atoms with E-state index in [0.717, 1.165) is 10.9 Å². The largest absolute Gasteiger partial charge is 0.496 e. The summed E-state index contributed by atoms with van der Waals surface area (Å²) in [5.74, 6) is 0.642. The van der Waals surface area contributed by atoms with Gasteiger partial charge in [-0.15, -0.1) is 0 Å². The van der Waals surface area contributed by atoms with Crippen LogP contribution in [0, 0.1) is 0 Å². The summed E-state index contributed by atoms with van der Waals surface area (Å²) in [4.78, 5) is 8.59. The molecule has 0 radical (unpaired) electrons. The number of methoxy groups -OCH3 is 1. The molecule has 0 amide bonds. The fraction of sp³-hybridized carbons (Fsp3) is 0.125. The van der Waals surface area contributed by atoms with E-state index in [1.807, 2.05) is 36.4 Å². The molecule has 0 spiro atoms. The van der Waals surface area contributed by atoms with Gasteiger partial charge in [-0.25, -0.2) is 0 Å². The topological polar surface area (TPSA) is 55.2 Å². The van der Waals surface area contributed by atoms with Crippen LogP contribution in [-0.4, -0.2) is 22.2 Å². The van der Waals surface area contributed by atoms with Crippen molar-refractivity contribution in [3.63, 3.8) is 0 Å². The summed E-state index contributed by atoms with van der Waals surface area (Å²) in [5, 5.41) is 11.4. The Balaban J connectivity index is 2.05. The van der Waals surface area contributed by atoms with Gasteiger partial charge in [-0.2, -0.15) is 0 Å². The second kappa shape index (κ2) is 5.27. The molecule has 0 aliphatic heterocycles. The van der Waals surface area contributed by atoms with Gasteiger partial charge in [-0.1, -0.05) is 18.2 Å². The van der Waals surface area contributed by atoms with Crippen LogP contribution in [0.1, 0.15) is 17.4 Å². The van der Waals surface area contributed by atoms with E-state index in [1.165, 1.54) is 0 Å². The summed E-state index contributed by atoms with van der Waals surface area (Å²) >= 11 is 0. The Bertz CT molecular complexity index is 743. The van der Waals surface area contributed by atoms with Crippen LogP contribution in [0.5, 0.6) is 5.75 Å². The van der Waals surface area contributed by atoms with Gasteiger partial charge < -0.3 is 9.84 Å². The molecular formula is C16H14N2O2. The number of ether oxygens (including phenoxy) is 1. The highest BCUT2D eigenvalue weighted by Crippen LogP contribution is 2.29. The Morgan fingerprint density at radius 2 is 1.95 bits per heavy atom. The lowest BCUT2D eigenvalue weighted by molar-refractivity contribution is 0.210.